The van der Waals surface area contributed by atoms with Crippen LogP contribution in [-0.4, -0.2) is 52.4 Å². The Morgan fingerprint density at radius 1 is 0.914 bits per heavy atom. The summed E-state index contributed by atoms with van der Waals surface area (Å²) in [5.74, 6) is 0.723. The van der Waals surface area contributed by atoms with Crippen molar-refractivity contribution in [2.75, 3.05) is 32.0 Å². The highest BCUT2D eigenvalue weighted by atomic mass is 16.2. The molecular weight excluding hydrogens is 434 g/mol. The molecule has 2 heterocycles. The van der Waals surface area contributed by atoms with Crippen LogP contribution in [-0.2, 0) is 0 Å². The first-order valence-electron chi connectivity index (χ1n) is 11.9. The molecule has 1 amide bonds. The molecule has 0 aliphatic carbocycles. The molecule has 1 fully saturated rings. The van der Waals surface area contributed by atoms with Crippen molar-refractivity contribution in [2.24, 2.45) is 0 Å². The van der Waals surface area contributed by atoms with E-state index < -0.39 is 0 Å². The van der Waals surface area contributed by atoms with E-state index in [-0.39, 0.29) is 11.9 Å². The van der Waals surface area contributed by atoms with Gasteiger partial charge in [0.2, 0.25) is 0 Å². The SMILES string of the molecule is Cc1ccc(-c2cc(Nc3cccc(C(=O)N4CCN(C)C[C@@H]4c4ccccc4)c3)ncn2)cc1. The summed E-state index contributed by atoms with van der Waals surface area (Å²) in [6.45, 7) is 4.43. The quantitative estimate of drug-likeness (QED) is 0.434. The summed E-state index contributed by atoms with van der Waals surface area (Å²) >= 11 is 0. The lowest BCUT2D eigenvalue weighted by Gasteiger charge is -2.40. The zero-order chi connectivity index (χ0) is 24.2. The minimum absolute atomic E-state index is 0.0259. The average molecular weight is 464 g/mol. The molecule has 1 aliphatic heterocycles. The minimum atomic E-state index is 0.0259. The normalized spacial score (nSPS) is 16.2. The van der Waals surface area contributed by atoms with E-state index in [1.54, 1.807) is 6.33 Å². The van der Waals surface area contributed by atoms with Crippen LogP contribution in [0.3, 0.4) is 0 Å². The van der Waals surface area contributed by atoms with Gasteiger partial charge in [0.05, 0.1) is 11.7 Å². The first kappa shape index (κ1) is 22.7. The molecule has 6 nitrogen and oxygen atoms in total. The largest absolute Gasteiger partial charge is 0.340 e. The van der Waals surface area contributed by atoms with Crippen molar-refractivity contribution in [2.45, 2.75) is 13.0 Å². The number of aromatic nitrogens is 2. The average Bonchev–Trinajstić information content (AvgIpc) is 2.89. The van der Waals surface area contributed by atoms with Crippen molar-refractivity contribution >= 4 is 17.4 Å². The molecule has 1 aromatic heterocycles. The van der Waals surface area contributed by atoms with Crippen molar-refractivity contribution in [1.29, 1.82) is 0 Å². The Balaban J connectivity index is 1.36. The molecule has 1 saturated heterocycles. The molecule has 1 N–H and O–H groups in total. The van der Waals surface area contributed by atoms with Crippen molar-refractivity contribution < 1.29 is 4.79 Å². The number of piperazine rings is 1. The summed E-state index contributed by atoms with van der Waals surface area (Å²) in [4.78, 5) is 26.7. The molecule has 4 aromatic rings. The van der Waals surface area contributed by atoms with Crippen LogP contribution in [0, 0.1) is 6.92 Å². The van der Waals surface area contributed by atoms with Crippen LogP contribution in [0.4, 0.5) is 11.5 Å². The Hall–Kier alpha value is -4.03. The van der Waals surface area contributed by atoms with Crippen LogP contribution < -0.4 is 5.32 Å². The van der Waals surface area contributed by atoms with Gasteiger partial charge in [-0.05, 0) is 37.7 Å². The van der Waals surface area contributed by atoms with E-state index in [0.717, 1.165) is 35.6 Å². The topological polar surface area (TPSA) is 61.4 Å². The van der Waals surface area contributed by atoms with Crippen LogP contribution >= 0.6 is 0 Å². The zero-order valence-electron chi connectivity index (χ0n) is 20.1. The monoisotopic (exact) mass is 463 g/mol. The Bertz CT molecular complexity index is 1310. The van der Waals surface area contributed by atoms with Crippen molar-refractivity contribution in [1.82, 2.24) is 19.8 Å². The summed E-state index contributed by atoms with van der Waals surface area (Å²) < 4.78 is 0. The second-order valence-electron chi connectivity index (χ2n) is 9.05. The second-order valence-corrected chi connectivity index (χ2v) is 9.05. The third kappa shape index (κ3) is 5.23. The number of carbonyl (C=O) groups excluding carboxylic acids is 1. The highest BCUT2D eigenvalue weighted by Crippen LogP contribution is 2.28. The van der Waals surface area contributed by atoms with Gasteiger partial charge < -0.3 is 15.1 Å². The number of anilines is 2. The number of aryl methyl sites for hydroxylation is 1. The first-order valence-corrected chi connectivity index (χ1v) is 11.9. The number of hydrogen-bond donors (Lipinski definition) is 1. The molecule has 0 saturated carbocycles. The van der Waals surface area contributed by atoms with Gasteiger partial charge in [-0.1, -0.05) is 66.2 Å². The van der Waals surface area contributed by atoms with Crippen molar-refractivity contribution in [3.05, 3.63) is 108 Å². The number of nitrogens with one attached hydrogen (secondary N) is 1. The van der Waals surface area contributed by atoms with Crippen LogP contribution in [0.15, 0.2) is 91.3 Å². The van der Waals surface area contributed by atoms with Gasteiger partial charge in [-0.15, -0.1) is 0 Å². The fourth-order valence-electron chi connectivity index (χ4n) is 4.47. The van der Waals surface area contributed by atoms with E-state index in [4.69, 9.17) is 0 Å². The van der Waals surface area contributed by atoms with Gasteiger partial charge >= 0.3 is 0 Å². The Morgan fingerprint density at radius 2 is 1.71 bits per heavy atom. The van der Waals surface area contributed by atoms with Gasteiger partial charge in [-0.25, -0.2) is 9.97 Å². The second kappa shape index (κ2) is 10.1. The fraction of sp³-hybridized carbons (Fsp3) is 0.207. The van der Waals surface area contributed by atoms with E-state index in [1.807, 2.05) is 53.4 Å². The summed E-state index contributed by atoms with van der Waals surface area (Å²) in [5.41, 5.74) is 5.72. The number of hydrogen-bond acceptors (Lipinski definition) is 5. The van der Waals surface area contributed by atoms with Crippen LogP contribution in [0.5, 0.6) is 0 Å². The number of benzene rings is 3. The Morgan fingerprint density at radius 3 is 2.51 bits per heavy atom. The number of rotatable bonds is 5. The lowest BCUT2D eigenvalue weighted by Crippen LogP contribution is -2.49. The lowest BCUT2D eigenvalue weighted by atomic mass is 10.0. The summed E-state index contributed by atoms with van der Waals surface area (Å²) in [6, 6.07) is 28.1. The fourth-order valence-corrected chi connectivity index (χ4v) is 4.47. The molecular formula is C29H29N5O. The van der Waals surface area contributed by atoms with E-state index in [0.29, 0.717) is 17.9 Å². The summed E-state index contributed by atoms with van der Waals surface area (Å²) in [7, 11) is 2.11. The molecule has 5 rings (SSSR count). The molecule has 0 bridgehead atoms. The molecule has 6 heteroatoms. The molecule has 1 aliphatic rings. The van der Waals surface area contributed by atoms with E-state index in [9.17, 15) is 4.79 Å². The van der Waals surface area contributed by atoms with Crippen molar-refractivity contribution in [3.8, 4) is 11.3 Å². The minimum Gasteiger partial charge on any atom is -0.340 e. The maximum atomic E-state index is 13.6. The Labute approximate surface area is 206 Å². The Kier molecular flexibility index (Phi) is 6.55. The van der Waals surface area contributed by atoms with Gasteiger partial charge in [0.1, 0.15) is 12.1 Å². The molecule has 176 valence electrons. The maximum Gasteiger partial charge on any atom is 0.254 e. The van der Waals surface area contributed by atoms with E-state index in [1.165, 1.54) is 5.56 Å². The first-order chi connectivity index (χ1) is 17.1. The maximum absolute atomic E-state index is 13.6. The molecule has 1 atom stereocenters. The van der Waals surface area contributed by atoms with Gasteiger partial charge in [0.15, 0.2) is 0 Å². The number of amides is 1. The lowest BCUT2D eigenvalue weighted by molar-refractivity contribution is 0.0498. The third-order valence-corrected chi connectivity index (χ3v) is 6.43. The molecule has 3 aromatic carbocycles. The standard InChI is InChI=1S/C29H29N5O/c1-21-11-13-22(14-12-21)26-18-28(31-20-30-26)32-25-10-6-9-24(17-25)29(35)34-16-15-33(2)19-27(34)23-7-4-3-5-8-23/h3-14,17-18,20,27H,15-16,19H2,1-2H3,(H,30,31,32)/t27-/m1/s1. The van der Waals surface area contributed by atoms with Crippen molar-refractivity contribution in [3.63, 3.8) is 0 Å². The number of nitrogens with zero attached hydrogens (tertiary/aromatic N) is 4. The van der Waals surface area contributed by atoms with Gasteiger partial charge in [-0.2, -0.15) is 0 Å². The summed E-state index contributed by atoms with van der Waals surface area (Å²) in [5, 5.41) is 3.34. The zero-order valence-corrected chi connectivity index (χ0v) is 20.1. The van der Waals surface area contributed by atoms with E-state index in [2.05, 4.69) is 70.6 Å². The van der Waals surface area contributed by atoms with Crippen LogP contribution in [0.25, 0.3) is 11.3 Å². The molecule has 35 heavy (non-hydrogen) atoms. The highest BCUT2D eigenvalue weighted by Gasteiger charge is 2.30. The molecule has 0 radical (unpaired) electrons. The number of likely N-dealkylation sites (N-methyl/N-ethyl adjacent to an activating group) is 1. The van der Waals surface area contributed by atoms with Gasteiger partial charge in [0.25, 0.3) is 5.91 Å². The van der Waals surface area contributed by atoms with Gasteiger partial charge in [-0.3, -0.25) is 4.79 Å². The predicted molar refractivity (Wildman–Crippen MR) is 140 cm³/mol. The smallest absolute Gasteiger partial charge is 0.254 e. The third-order valence-electron chi connectivity index (χ3n) is 6.43. The van der Waals surface area contributed by atoms with Gasteiger partial charge in [0, 0.05) is 42.5 Å². The predicted octanol–water partition coefficient (Wildman–Crippen LogP) is 5.32. The molecule has 0 unspecified atom stereocenters. The van der Waals surface area contributed by atoms with Crippen LogP contribution in [0.2, 0.25) is 0 Å². The number of carbonyl (C=O) groups is 1. The molecule has 0 spiro atoms. The summed E-state index contributed by atoms with van der Waals surface area (Å²) in [6.07, 6.45) is 1.56. The van der Waals surface area contributed by atoms with Crippen LogP contribution in [0.1, 0.15) is 27.5 Å². The van der Waals surface area contributed by atoms with E-state index >= 15 is 0 Å². The highest BCUT2D eigenvalue weighted by molar-refractivity contribution is 5.95.